The van der Waals surface area contributed by atoms with Gasteiger partial charge in [-0.3, -0.25) is 4.79 Å². The number of carbonyl (C=O) groups is 1. The first-order valence-electron chi connectivity index (χ1n) is 10.8. The second-order valence-corrected chi connectivity index (χ2v) is 8.51. The Morgan fingerprint density at radius 1 is 1.31 bits per heavy atom. The third-order valence-electron chi connectivity index (χ3n) is 5.10. The van der Waals surface area contributed by atoms with Crippen molar-refractivity contribution in [3.8, 4) is 5.75 Å². The molecular weight excluding hydrogens is 496 g/mol. The second kappa shape index (κ2) is 12.1. The summed E-state index contributed by atoms with van der Waals surface area (Å²) in [4.78, 5) is 23.2. The van der Waals surface area contributed by atoms with E-state index in [1.54, 1.807) is 24.3 Å². The Morgan fingerprint density at radius 2 is 2.14 bits per heavy atom. The Bertz CT molecular complexity index is 1220. The lowest BCUT2D eigenvalue weighted by Gasteiger charge is -2.17. The minimum Gasteiger partial charge on any atom is -0.486 e. The summed E-state index contributed by atoms with van der Waals surface area (Å²) in [5, 5.41) is 6.67. The van der Waals surface area contributed by atoms with Crippen LogP contribution in [0.2, 0.25) is 5.02 Å². The van der Waals surface area contributed by atoms with Crippen LogP contribution in [-0.4, -0.2) is 60.7 Å². The third kappa shape index (κ3) is 7.02. The molecule has 0 spiro atoms. The van der Waals surface area contributed by atoms with Crippen LogP contribution in [0.25, 0.3) is 10.9 Å². The van der Waals surface area contributed by atoms with Crippen LogP contribution in [0.3, 0.4) is 0 Å². The zero-order valence-electron chi connectivity index (χ0n) is 19.3. The van der Waals surface area contributed by atoms with Crippen LogP contribution < -0.4 is 15.4 Å². The Hall–Kier alpha value is -2.98. The fourth-order valence-electron chi connectivity index (χ4n) is 3.42. The minimum absolute atomic E-state index is 0. The highest BCUT2D eigenvalue weighted by Gasteiger charge is 2.20. The molecule has 1 atom stereocenters. The van der Waals surface area contributed by atoms with Crippen LogP contribution in [0.5, 0.6) is 5.75 Å². The highest BCUT2D eigenvalue weighted by Crippen LogP contribution is 2.35. The number of aromatic nitrogens is 2. The standard InChI is InChI=1S/C24H25ClFN5O3.ClH/c1-31(2)8-3-4-23(32)30-21-11-17-20(12-22(21)34-16-7-9-33-13-16)27-14-28-24(17)29-15-5-6-19(26)18(25)10-15;/h3-6,10-12,14,16H,7-9,13H2,1-2H3,(H,30,32)(H,27,28,29);1H. The van der Waals surface area contributed by atoms with Gasteiger partial charge in [-0.15, -0.1) is 12.4 Å². The van der Waals surface area contributed by atoms with Crippen LogP contribution in [0.15, 0.2) is 48.8 Å². The maximum atomic E-state index is 13.6. The van der Waals surface area contributed by atoms with E-state index in [4.69, 9.17) is 21.1 Å². The maximum absolute atomic E-state index is 13.6. The van der Waals surface area contributed by atoms with Crippen molar-refractivity contribution >= 4 is 58.0 Å². The van der Waals surface area contributed by atoms with Gasteiger partial charge in [0.05, 0.1) is 29.4 Å². The monoisotopic (exact) mass is 521 g/mol. The summed E-state index contributed by atoms with van der Waals surface area (Å²) < 4.78 is 25.1. The molecule has 0 radical (unpaired) electrons. The van der Waals surface area contributed by atoms with E-state index < -0.39 is 5.82 Å². The predicted molar refractivity (Wildman–Crippen MR) is 138 cm³/mol. The molecule has 4 rings (SSSR count). The van der Waals surface area contributed by atoms with Crippen molar-refractivity contribution in [1.82, 2.24) is 14.9 Å². The molecular formula is C24H26Cl2FN5O3. The zero-order chi connectivity index (χ0) is 24.1. The summed E-state index contributed by atoms with van der Waals surface area (Å²) in [7, 11) is 3.84. The molecule has 8 nitrogen and oxygen atoms in total. The smallest absolute Gasteiger partial charge is 0.248 e. The zero-order valence-corrected chi connectivity index (χ0v) is 20.8. The highest BCUT2D eigenvalue weighted by atomic mass is 35.5. The van der Waals surface area contributed by atoms with E-state index in [1.165, 1.54) is 24.5 Å². The van der Waals surface area contributed by atoms with Gasteiger partial charge < -0.3 is 25.0 Å². The number of benzene rings is 2. The van der Waals surface area contributed by atoms with Crippen LogP contribution >= 0.6 is 24.0 Å². The quantitative estimate of drug-likeness (QED) is 0.411. The van der Waals surface area contributed by atoms with Crippen LogP contribution in [-0.2, 0) is 9.53 Å². The Balaban J connectivity index is 0.00000342. The molecule has 11 heteroatoms. The molecule has 1 unspecified atom stereocenters. The molecule has 1 saturated heterocycles. The first kappa shape index (κ1) is 26.6. The van der Waals surface area contributed by atoms with Gasteiger partial charge in [-0.25, -0.2) is 14.4 Å². The van der Waals surface area contributed by atoms with E-state index in [1.807, 2.05) is 19.0 Å². The summed E-state index contributed by atoms with van der Waals surface area (Å²) in [5.41, 5.74) is 1.65. The number of fused-ring (bicyclic) bond motifs is 1. The molecule has 186 valence electrons. The van der Waals surface area contributed by atoms with E-state index in [0.717, 1.165) is 6.42 Å². The van der Waals surface area contributed by atoms with Crippen LogP contribution in [0.1, 0.15) is 6.42 Å². The van der Waals surface area contributed by atoms with Gasteiger partial charge in [0.1, 0.15) is 29.8 Å². The van der Waals surface area contributed by atoms with Gasteiger partial charge in [0.25, 0.3) is 0 Å². The molecule has 0 bridgehead atoms. The highest BCUT2D eigenvalue weighted by molar-refractivity contribution is 6.31. The summed E-state index contributed by atoms with van der Waals surface area (Å²) in [6, 6.07) is 7.82. The molecule has 1 aromatic heterocycles. The first-order valence-corrected chi connectivity index (χ1v) is 11.1. The number of carbonyl (C=O) groups excluding carboxylic acids is 1. The van der Waals surface area contributed by atoms with Crippen molar-refractivity contribution in [2.45, 2.75) is 12.5 Å². The Morgan fingerprint density at radius 3 is 2.86 bits per heavy atom. The summed E-state index contributed by atoms with van der Waals surface area (Å²) in [6.45, 7) is 1.75. The number of nitrogens with one attached hydrogen (secondary N) is 2. The molecule has 2 aromatic carbocycles. The van der Waals surface area contributed by atoms with Crippen LogP contribution in [0.4, 0.5) is 21.6 Å². The Kier molecular flexibility index (Phi) is 9.22. The first-order chi connectivity index (χ1) is 16.4. The van der Waals surface area contributed by atoms with Crippen molar-refractivity contribution in [2.75, 3.05) is 44.5 Å². The minimum atomic E-state index is -0.509. The number of hydrogen-bond acceptors (Lipinski definition) is 7. The van der Waals surface area contributed by atoms with E-state index >= 15 is 0 Å². The van der Waals surface area contributed by atoms with Gasteiger partial charge in [0.15, 0.2) is 0 Å². The lowest BCUT2D eigenvalue weighted by atomic mass is 10.1. The molecule has 1 fully saturated rings. The van der Waals surface area contributed by atoms with Gasteiger partial charge in [0, 0.05) is 36.2 Å². The van der Waals surface area contributed by atoms with Gasteiger partial charge in [-0.2, -0.15) is 0 Å². The van der Waals surface area contributed by atoms with Gasteiger partial charge in [0.2, 0.25) is 5.91 Å². The molecule has 2 N–H and O–H groups in total. The lowest BCUT2D eigenvalue weighted by Crippen LogP contribution is -2.18. The SMILES string of the molecule is CN(C)CC=CC(=O)Nc1cc2c(Nc3ccc(F)c(Cl)c3)ncnc2cc1OC1CCOC1.Cl. The maximum Gasteiger partial charge on any atom is 0.248 e. The summed E-state index contributed by atoms with van der Waals surface area (Å²) in [6.07, 6.45) is 5.32. The molecule has 1 aliphatic rings. The van der Waals surface area contributed by atoms with Crippen molar-refractivity contribution in [3.63, 3.8) is 0 Å². The molecule has 1 amide bonds. The summed E-state index contributed by atoms with van der Waals surface area (Å²) in [5.74, 6) is 0.170. The topological polar surface area (TPSA) is 88.6 Å². The molecule has 3 aromatic rings. The predicted octanol–water partition coefficient (Wildman–Crippen LogP) is 4.81. The number of ether oxygens (including phenoxy) is 2. The fraction of sp³-hybridized carbons (Fsp3) is 0.292. The van der Waals surface area contributed by atoms with E-state index in [9.17, 15) is 9.18 Å². The Labute approximate surface area is 213 Å². The number of nitrogens with zero attached hydrogens (tertiary/aromatic N) is 3. The number of rotatable bonds is 8. The number of amides is 1. The van der Waals surface area contributed by atoms with Crippen molar-refractivity contribution < 1.29 is 18.7 Å². The van der Waals surface area contributed by atoms with Gasteiger partial charge in [-0.1, -0.05) is 17.7 Å². The van der Waals surface area contributed by atoms with Gasteiger partial charge in [-0.05, 0) is 38.4 Å². The normalized spacial score (nSPS) is 15.4. The average molecular weight is 522 g/mol. The van der Waals surface area contributed by atoms with Crippen molar-refractivity contribution in [3.05, 3.63) is 59.7 Å². The molecule has 2 heterocycles. The summed E-state index contributed by atoms with van der Waals surface area (Å²) >= 11 is 5.91. The van der Waals surface area contributed by atoms with Crippen molar-refractivity contribution in [1.29, 1.82) is 0 Å². The number of hydrogen-bond donors (Lipinski definition) is 2. The fourth-order valence-corrected chi connectivity index (χ4v) is 3.60. The molecule has 0 saturated carbocycles. The van der Waals surface area contributed by atoms with Crippen molar-refractivity contribution in [2.24, 2.45) is 0 Å². The number of anilines is 3. The average Bonchev–Trinajstić information content (AvgIpc) is 3.30. The third-order valence-corrected chi connectivity index (χ3v) is 5.39. The second-order valence-electron chi connectivity index (χ2n) is 8.10. The van der Waals surface area contributed by atoms with E-state index in [2.05, 4.69) is 20.6 Å². The molecule has 1 aliphatic heterocycles. The number of halogens is 3. The van der Waals surface area contributed by atoms with E-state index in [0.29, 0.717) is 53.6 Å². The molecule has 0 aliphatic carbocycles. The molecule has 35 heavy (non-hydrogen) atoms. The lowest BCUT2D eigenvalue weighted by molar-refractivity contribution is -0.111. The van der Waals surface area contributed by atoms with Crippen LogP contribution in [0, 0.1) is 5.82 Å². The van der Waals surface area contributed by atoms with Gasteiger partial charge >= 0.3 is 0 Å². The number of likely N-dealkylation sites (N-methyl/N-ethyl adjacent to an activating group) is 1. The largest absolute Gasteiger partial charge is 0.486 e. The van der Waals surface area contributed by atoms with E-state index in [-0.39, 0.29) is 29.4 Å².